The van der Waals surface area contributed by atoms with Crippen LogP contribution in [0.25, 0.3) is 0 Å². The summed E-state index contributed by atoms with van der Waals surface area (Å²) >= 11 is 0. The molecule has 0 saturated carbocycles. The third-order valence-electron chi connectivity index (χ3n) is 13.4. The third kappa shape index (κ3) is 65.0. The second-order valence-corrected chi connectivity index (χ2v) is 23.9. The Morgan fingerprint density at radius 2 is 0.695 bits per heavy atom. The third-order valence-corrected chi connectivity index (χ3v) is 14.3. The number of hydrogen-bond donors (Lipinski definition) is 1. The van der Waals surface area contributed by atoms with Gasteiger partial charge >= 0.3 is 19.8 Å². The molecule has 0 aliphatic rings. The maximum atomic E-state index is 12.8. The summed E-state index contributed by atoms with van der Waals surface area (Å²) in [6, 6.07) is 0. The predicted octanol–water partition coefficient (Wildman–Crippen LogP) is 21.0. The summed E-state index contributed by atoms with van der Waals surface area (Å²) in [5, 5.41) is 0. The fourth-order valence-corrected chi connectivity index (χ4v) is 9.11. The summed E-state index contributed by atoms with van der Waals surface area (Å²) in [6.07, 6.45) is 90.8. The highest BCUT2D eigenvalue weighted by Gasteiger charge is 2.27. The maximum absolute atomic E-state index is 12.8. The minimum atomic E-state index is -4.41. The van der Waals surface area contributed by atoms with Crippen LogP contribution in [0.15, 0.2) is 146 Å². The lowest BCUT2D eigenvalue weighted by atomic mass is 10.0. The Labute approximate surface area is 503 Å². The van der Waals surface area contributed by atoms with E-state index in [0.717, 1.165) is 103 Å². The van der Waals surface area contributed by atoms with Crippen molar-refractivity contribution < 1.29 is 42.1 Å². The zero-order chi connectivity index (χ0) is 59.8. The van der Waals surface area contributed by atoms with Crippen molar-refractivity contribution in [3.8, 4) is 0 Å². The second kappa shape index (κ2) is 61.5. The summed E-state index contributed by atoms with van der Waals surface area (Å²) in [5.41, 5.74) is 0. The molecular formula is C72H121NO8P+. The average molecular weight is 1160 g/mol. The van der Waals surface area contributed by atoms with E-state index in [9.17, 15) is 19.0 Å². The molecule has 0 rings (SSSR count). The van der Waals surface area contributed by atoms with E-state index in [4.69, 9.17) is 18.5 Å². The highest BCUT2D eigenvalue weighted by Crippen LogP contribution is 2.43. The lowest BCUT2D eigenvalue weighted by molar-refractivity contribution is -0.870. The Balaban J connectivity index is 4.25. The summed E-state index contributed by atoms with van der Waals surface area (Å²) in [7, 11) is 1.43. The van der Waals surface area contributed by atoms with Crippen LogP contribution >= 0.6 is 7.82 Å². The van der Waals surface area contributed by atoms with Crippen LogP contribution in [-0.2, 0) is 32.7 Å². The zero-order valence-corrected chi connectivity index (χ0v) is 53.8. The number of phosphoric acid groups is 1. The lowest BCUT2D eigenvalue weighted by Crippen LogP contribution is -2.37. The van der Waals surface area contributed by atoms with E-state index in [1.165, 1.54) is 109 Å². The van der Waals surface area contributed by atoms with Crippen molar-refractivity contribution in [3.05, 3.63) is 146 Å². The molecular weight excluding hydrogens is 1040 g/mol. The van der Waals surface area contributed by atoms with Gasteiger partial charge in [-0.3, -0.25) is 18.6 Å². The van der Waals surface area contributed by atoms with Gasteiger partial charge in [0.1, 0.15) is 19.8 Å². The van der Waals surface area contributed by atoms with Crippen molar-refractivity contribution in [2.45, 2.75) is 251 Å². The predicted molar refractivity (Wildman–Crippen MR) is 353 cm³/mol. The Bertz CT molecular complexity index is 1890. The van der Waals surface area contributed by atoms with E-state index in [2.05, 4.69) is 160 Å². The first-order valence-electron chi connectivity index (χ1n) is 32.6. The van der Waals surface area contributed by atoms with Crippen molar-refractivity contribution in [1.29, 1.82) is 0 Å². The number of carbonyl (C=O) groups excluding carboxylic acids is 2. The molecule has 0 saturated heterocycles. The van der Waals surface area contributed by atoms with Crippen molar-refractivity contribution in [2.75, 3.05) is 47.5 Å². The van der Waals surface area contributed by atoms with Gasteiger partial charge in [0, 0.05) is 12.8 Å². The first kappa shape index (κ1) is 77.9. The van der Waals surface area contributed by atoms with E-state index < -0.39 is 26.5 Å². The highest BCUT2D eigenvalue weighted by molar-refractivity contribution is 7.47. The molecule has 2 unspecified atom stereocenters. The van der Waals surface area contributed by atoms with Gasteiger partial charge in [-0.05, 0) is 122 Å². The molecule has 0 aromatic heterocycles. The van der Waals surface area contributed by atoms with E-state index in [-0.39, 0.29) is 32.0 Å². The summed E-state index contributed by atoms with van der Waals surface area (Å²) in [4.78, 5) is 35.8. The fraction of sp³-hybridized carbons (Fsp3) is 0.639. The molecule has 0 fully saturated rings. The summed E-state index contributed by atoms with van der Waals surface area (Å²) < 4.78 is 34.6. The van der Waals surface area contributed by atoms with Gasteiger partial charge in [-0.2, -0.15) is 0 Å². The van der Waals surface area contributed by atoms with E-state index >= 15 is 0 Å². The van der Waals surface area contributed by atoms with Gasteiger partial charge in [-0.15, -0.1) is 0 Å². The summed E-state index contributed by atoms with van der Waals surface area (Å²) in [6.45, 7) is 4.25. The molecule has 0 aliphatic heterocycles. The van der Waals surface area contributed by atoms with Gasteiger partial charge in [0.15, 0.2) is 6.10 Å². The minimum absolute atomic E-state index is 0.0152. The Hall–Kier alpha value is -4.11. The molecule has 9 nitrogen and oxygen atoms in total. The molecule has 2 atom stereocenters. The molecule has 0 spiro atoms. The molecule has 0 radical (unpaired) electrons. The number of esters is 2. The molecule has 0 aromatic rings. The molecule has 0 aromatic carbocycles. The van der Waals surface area contributed by atoms with Crippen molar-refractivity contribution in [3.63, 3.8) is 0 Å². The molecule has 10 heteroatoms. The van der Waals surface area contributed by atoms with Crippen LogP contribution in [0.1, 0.15) is 245 Å². The van der Waals surface area contributed by atoms with Crippen molar-refractivity contribution in [1.82, 2.24) is 0 Å². The Morgan fingerprint density at radius 1 is 0.390 bits per heavy atom. The Kier molecular flexibility index (Phi) is 58.4. The quantitative estimate of drug-likeness (QED) is 0.0211. The number of hydrogen-bond acceptors (Lipinski definition) is 7. The van der Waals surface area contributed by atoms with E-state index in [0.29, 0.717) is 17.4 Å². The first-order valence-corrected chi connectivity index (χ1v) is 34.1. The van der Waals surface area contributed by atoms with Crippen LogP contribution in [0.5, 0.6) is 0 Å². The number of likely N-dealkylation sites (N-methyl/N-ethyl adjacent to an activating group) is 1. The van der Waals surface area contributed by atoms with Crippen LogP contribution in [-0.4, -0.2) is 74.9 Å². The van der Waals surface area contributed by atoms with Gasteiger partial charge in [0.05, 0.1) is 27.7 Å². The van der Waals surface area contributed by atoms with Crippen LogP contribution in [0, 0.1) is 0 Å². The molecule has 0 amide bonds. The number of carbonyl (C=O) groups is 2. The minimum Gasteiger partial charge on any atom is -0.462 e. The second-order valence-electron chi connectivity index (χ2n) is 22.4. The fourth-order valence-electron chi connectivity index (χ4n) is 8.37. The number of ether oxygens (including phenoxy) is 2. The standard InChI is InChI=1S/C72H120NO8P/c1-6-8-10-12-14-16-18-20-22-24-26-28-30-32-33-34-35-36-37-38-39-41-43-45-47-49-51-53-55-57-59-61-63-65-72(75)81-70(69-80-82(76,77)79-67-66-73(3,4)5)68-78-71(74)64-62-60-58-56-54-52-50-48-46-44-42-40-31-29-27-25-23-21-19-17-15-13-11-9-7-2/h8,10,14,16,19-22,25-28,32-33,35-36,38-39,43,45,49,51,55,57,70H,6-7,9,11-13,15,17-18,23-24,29-31,34,37,40-42,44,46-48,50,52-54,56,58-69H2,1-5H3/p+1/b10-8-,16-14-,21-19-,22-20-,27-25-,28-26-,33-32-,36-35-,39-38-,45-43-,51-49-,57-55-. The largest absolute Gasteiger partial charge is 0.472 e. The molecule has 0 heterocycles. The van der Waals surface area contributed by atoms with E-state index in [1.807, 2.05) is 21.1 Å². The smallest absolute Gasteiger partial charge is 0.462 e. The number of unbranched alkanes of at least 4 members (excludes halogenated alkanes) is 20. The number of rotatable bonds is 58. The average Bonchev–Trinajstić information content (AvgIpc) is 3.46. The number of quaternary nitrogens is 1. The van der Waals surface area contributed by atoms with Gasteiger partial charge in [0.2, 0.25) is 0 Å². The van der Waals surface area contributed by atoms with Crippen LogP contribution in [0.2, 0.25) is 0 Å². The first-order chi connectivity index (χ1) is 40.0. The number of nitrogens with zero attached hydrogens (tertiary/aromatic N) is 1. The topological polar surface area (TPSA) is 108 Å². The normalized spacial score (nSPS) is 14.2. The summed E-state index contributed by atoms with van der Waals surface area (Å²) in [5.74, 6) is -0.856. The van der Waals surface area contributed by atoms with Crippen molar-refractivity contribution in [2.24, 2.45) is 0 Å². The zero-order valence-electron chi connectivity index (χ0n) is 52.9. The Morgan fingerprint density at radius 3 is 1.06 bits per heavy atom. The van der Waals surface area contributed by atoms with Gasteiger partial charge in [0.25, 0.3) is 0 Å². The van der Waals surface area contributed by atoms with Crippen LogP contribution in [0.4, 0.5) is 0 Å². The molecule has 82 heavy (non-hydrogen) atoms. The number of allylic oxidation sites excluding steroid dienone is 24. The van der Waals surface area contributed by atoms with Gasteiger partial charge < -0.3 is 18.9 Å². The molecule has 0 bridgehead atoms. The number of phosphoric ester groups is 1. The highest BCUT2D eigenvalue weighted by atomic mass is 31.2. The molecule has 466 valence electrons. The lowest BCUT2D eigenvalue weighted by Gasteiger charge is -2.24. The molecule has 1 N–H and O–H groups in total. The van der Waals surface area contributed by atoms with Gasteiger partial charge in [-0.1, -0.05) is 256 Å². The monoisotopic (exact) mass is 1160 g/mol. The SMILES string of the molecule is CC/C=C\C/C=C\C/C=C\C/C=C\C/C=C\C/C=C\C/C=C\C/C=C\C/C=C\C/C=C\CCCCC(=O)OC(COC(=O)CCCCCCCCCCCCCCC/C=C\C/C=C\CCCCCCC)COP(=O)(O)OCC[N+](C)(C)C. The van der Waals surface area contributed by atoms with Crippen LogP contribution in [0.3, 0.4) is 0 Å². The molecule has 0 aliphatic carbocycles. The van der Waals surface area contributed by atoms with E-state index in [1.54, 1.807) is 0 Å². The maximum Gasteiger partial charge on any atom is 0.472 e. The van der Waals surface area contributed by atoms with Crippen LogP contribution < -0.4 is 0 Å². The van der Waals surface area contributed by atoms with Crippen molar-refractivity contribution >= 4 is 19.8 Å². The van der Waals surface area contributed by atoms with Gasteiger partial charge in [-0.25, -0.2) is 4.57 Å².